The lowest BCUT2D eigenvalue weighted by Crippen LogP contribution is -2.44. The van der Waals surface area contributed by atoms with Crippen molar-refractivity contribution in [1.82, 2.24) is 20.4 Å². The van der Waals surface area contributed by atoms with Crippen molar-refractivity contribution in [3.8, 4) is 11.5 Å². The minimum Gasteiger partial charge on any atom is -0.486 e. The number of rotatable bonds is 5. The van der Waals surface area contributed by atoms with E-state index in [0.717, 1.165) is 19.6 Å². The first-order valence-electron chi connectivity index (χ1n) is 8.89. The molecule has 1 fully saturated rings. The van der Waals surface area contributed by atoms with Crippen molar-refractivity contribution < 1.29 is 22.4 Å². The van der Waals surface area contributed by atoms with E-state index in [2.05, 4.69) is 20.4 Å². The van der Waals surface area contributed by atoms with Gasteiger partial charge in [-0.2, -0.15) is 4.98 Å². The summed E-state index contributed by atoms with van der Waals surface area (Å²) < 4.78 is 41.4. The van der Waals surface area contributed by atoms with Crippen LogP contribution in [0, 0.1) is 0 Å². The number of likely N-dealkylation sites (N-methyl/N-ethyl adjacent to an activating group) is 1. The van der Waals surface area contributed by atoms with Crippen molar-refractivity contribution >= 4 is 9.84 Å². The maximum absolute atomic E-state index is 12.6. The third-order valence-electron chi connectivity index (χ3n) is 4.75. The number of piperazine rings is 1. The summed E-state index contributed by atoms with van der Waals surface area (Å²) in [5.41, 5.74) is 0. The molecular weight excluding hydrogens is 372 g/mol. The number of hydrogen-bond donors (Lipinski definition) is 1. The van der Waals surface area contributed by atoms with Gasteiger partial charge in [-0.15, -0.1) is 0 Å². The molecule has 1 saturated heterocycles. The Morgan fingerprint density at radius 2 is 2.07 bits per heavy atom. The number of nitrogens with one attached hydrogen (secondary N) is 1. The average Bonchev–Trinajstić information content (AvgIpc) is 3.15. The maximum Gasteiger partial charge on any atom is 0.227 e. The Kier molecular flexibility index (Phi) is 5.02. The van der Waals surface area contributed by atoms with E-state index in [1.54, 1.807) is 6.07 Å². The molecule has 0 bridgehead atoms. The van der Waals surface area contributed by atoms with Gasteiger partial charge in [0.2, 0.25) is 5.89 Å². The molecule has 3 heterocycles. The van der Waals surface area contributed by atoms with Crippen LogP contribution in [0.2, 0.25) is 0 Å². The summed E-state index contributed by atoms with van der Waals surface area (Å²) in [5, 5.41) is 7.32. The number of sulfone groups is 1. The van der Waals surface area contributed by atoms with E-state index in [4.69, 9.17) is 14.0 Å². The van der Waals surface area contributed by atoms with Gasteiger partial charge in [-0.25, -0.2) is 8.42 Å². The Morgan fingerprint density at radius 3 is 2.89 bits per heavy atom. The Labute approximate surface area is 157 Å². The number of aryl methyl sites for hydroxylation is 1. The first-order chi connectivity index (χ1) is 13.0. The Balaban J connectivity index is 1.43. The third-order valence-corrected chi connectivity index (χ3v) is 6.46. The largest absolute Gasteiger partial charge is 0.486 e. The highest BCUT2D eigenvalue weighted by Crippen LogP contribution is 2.32. The predicted molar refractivity (Wildman–Crippen MR) is 95.7 cm³/mol. The lowest BCUT2D eigenvalue weighted by Gasteiger charge is -2.30. The molecule has 1 atom stereocenters. The van der Waals surface area contributed by atoms with Crippen molar-refractivity contribution in [1.29, 1.82) is 0 Å². The van der Waals surface area contributed by atoms with E-state index in [1.807, 2.05) is 7.05 Å². The lowest BCUT2D eigenvalue weighted by atomic mass is 10.2. The highest BCUT2D eigenvalue weighted by molar-refractivity contribution is 7.91. The molecule has 0 radical (unpaired) electrons. The van der Waals surface area contributed by atoms with Gasteiger partial charge in [-0.1, -0.05) is 5.16 Å². The van der Waals surface area contributed by atoms with Crippen LogP contribution in [-0.4, -0.2) is 69.1 Å². The Bertz CT molecular complexity index is 914. The number of hydrogen-bond acceptors (Lipinski definition) is 9. The fraction of sp³-hybridized carbons (Fsp3) is 0.529. The molecule has 1 N–H and O–H groups in total. The van der Waals surface area contributed by atoms with Crippen molar-refractivity contribution in [2.75, 3.05) is 45.6 Å². The highest BCUT2D eigenvalue weighted by Gasteiger charge is 2.26. The predicted octanol–water partition coefficient (Wildman–Crippen LogP) is 0.433. The van der Waals surface area contributed by atoms with Crippen LogP contribution in [0.5, 0.6) is 11.5 Å². The van der Waals surface area contributed by atoms with E-state index in [9.17, 15) is 8.42 Å². The molecule has 2 aliphatic heterocycles. The van der Waals surface area contributed by atoms with E-state index >= 15 is 0 Å². The summed E-state index contributed by atoms with van der Waals surface area (Å²) in [4.78, 5) is 6.73. The molecule has 4 rings (SSSR count). The average molecular weight is 394 g/mol. The topological polar surface area (TPSA) is 107 Å². The zero-order valence-corrected chi connectivity index (χ0v) is 15.9. The van der Waals surface area contributed by atoms with E-state index in [-0.39, 0.29) is 23.1 Å². The summed E-state index contributed by atoms with van der Waals surface area (Å²) in [6.45, 7) is 3.43. The molecule has 2 aliphatic rings. The van der Waals surface area contributed by atoms with Crippen LogP contribution in [0.3, 0.4) is 0 Å². The van der Waals surface area contributed by atoms with E-state index < -0.39 is 9.84 Å². The Morgan fingerprint density at radius 1 is 1.26 bits per heavy atom. The molecule has 0 spiro atoms. The summed E-state index contributed by atoms with van der Waals surface area (Å²) in [6.07, 6.45) is 0.160. The van der Waals surface area contributed by atoms with Crippen LogP contribution in [0.25, 0.3) is 0 Å². The molecule has 27 heavy (non-hydrogen) atoms. The number of fused-ring (bicyclic) bond motifs is 1. The molecular formula is C17H22N4O5S. The fourth-order valence-corrected chi connectivity index (χ4v) is 4.40. The highest BCUT2D eigenvalue weighted by atomic mass is 32.2. The number of nitrogens with zero attached hydrogens (tertiary/aromatic N) is 3. The fourth-order valence-electron chi connectivity index (χ4n) is 3.16. The van der Waals surface area contributed by atoms with Gasteiger partial charge in [0, 0.05) is 32.1 Å². The first-order valence-corrected chi connectivity index (χ1v) is 10.5. The second-order valence-corrected chi connectivity index (χ2v) is 8.73. The summed E-state index contributed by atoms with van der Waals surface area (Å²) >= 11 is 0. The Hall–Kier alpha value is -2.17. The molecule has 1 unspecified atom stereocenters. The normalized spacial score (nSPS) is 20.6. The smallest absolute Gasteiger partial charge is 0.227 e. The quantitative estimate of drug-likeness (QED) is 0.772. The minimum atomic E-state index is -3.50. The van der Waals surface area contributed by atoms with Gasteiger partial charge in [0.1, 0.15) is 13.2 Å². The molecule has 10 heteroatoms. The summed E-state index contributed by atoms with van der Waals surface area (Å²) in [7, 11) is -1.50. The molecule has 1 aromatic carbocycles. The van der Waals surface area contributed by atoms with Crippen molar-refractivity contribution in [3.63, 3.8) is 0 Å². The van der Waals surface area contributed by atoms with Crippen LogP contribution in [-0.2, 0) is 16.3 Å². The molecule has 2 aromatic rings. The van der Waals surface area contributed by atoms with Gasteiger partial charge < -0.3 is 19.3 Å². The number of benzene rings is 1. The lowest BCUT2D eigenvalue weighted by molar-refractivity contribution is 0.171. The van der Waals surface area contributed by atoms with E-state index in [1.165, 1.54) is 12.1 Å². The maximum atomic E-state index is 12.6. The molecule has 9 nitrogen and oxygen atoms in total. The monoisotopic (exact) mass is 394 g/mol. The SMILES string of the molecule is CN1CCNCC1c1noc(CCS(=O)(=O)c2ccc3c(c2)OCCO3)n1. The van der Waals surface area contributed by atoms with E-state index in [0.29, 0.717) is 36.4 Å². The molecule has 1 aromatic heterocycles. The van der Waals surface area contributed by atoms with Gasteiger partial charge in [0.05, 0.1) is 16.7 Å². The summed E-state index contributed by atoms with van der Waals surface area (Å²) in [6, 6.07) is 4.69. The van der Waals surface area contributed by atoms with Crippen molar-refractivity contribution in [3.05, 3.63) is 29.9 Å². The van der Waals surface area contributed by atoms with Crippen molar-refractivity contribution in [2.24, 2.45) is 0 Å². The molecule has 0 aliphatic carbocycles. The van der Waals surface area contributed by atoms with Gasteiger partial charge >= 0.3 is 0 Å². The first kappa shape index (κ1) is 18.2. The van der Waals surface area contributed by atoms with Crippen LogP contribution in [0.1, 0.15) is 17.8 Å². The summed E-state index contributed by atoms with van der Waals surface area (Å²) in [5.74, 6) is 1.80. The number of ether oxygens (including phenoxy) is 2. The second-order valence-electron chi connectivity index (χ2n) is 6.62. The van der Waals surface area contributed by atoms with Crippen molar-refractivity contribution in [2.45, 2.75) is 17.4 Å². The van der Waals surface area contributed by atoms with Gasteiger partial charge in [-0.05, 0) is 19.2 Å². The van der Waals surface area contributed by atoms with Gasteiger partial charge in [0.25, 0.3) is 0 Å². The molecule has 0 saturated carbocycles. The minimum absolute atomic E-state index is 0.0330. The van der Waals surface area contributed by atoms with Crippen LogP contribution >= 0.6 is 0 Å². The third kappa shape index (κ3) is 3.92. The van der Waals surface area contributed by atoms with Crippen LogP contribution < -0.4 is 14.8 Å². The zero-order chi connectivity index (χ0) is 18.9. The van der Waals surface area contributed by atoms with Gasteiger partial charge in [-0.3, -0.25) is 4.90 Å². The molecule has 0 amide bonds. The van der Waals surface area contributed by atoms with Crippen LogP contribution in [0.15, 0.2) is 27.6 Å². The van der Waals surface area contributed by atoms with Gasteiger partial charge in [0.15, 0.2) is 27.2 Å². The van der Waals surface area contributed by atoms with Crippen LogP contribution in [0.4, 0.5) is 0 Å². The second kappa shape index (κ2) is 7.45. The standard InChI is InChI=1S/C17H22N4O5S/c1-21-6-5-18-11-13(21)17-19-16(26-20-17)4-9-27(22,23)12-2-3-14-15(10-12)25-8-7-24-14/h2-3,10,13,18H,4-9,11H2,1H3. The number of aromatic nitrogens is 2. The zero-order valence-electron chi connectivity index (χ0n) is 15.1. The molecule has 146 valence electrons.